The van der Waals surface area contributed by atoms with Crippen LogP contribution in [0.1, 0.15) is 70.6 Å². The van der Waals surface area contributed by atoms with Crippen molar-refractivity contribution in [1.82, 2.24) is 4.90 Å². The first-order valence-corrected chi connectivity index (χ1v) is 18.8. The zero-order valence-corrected chi connectivity index (χ0v) is 25.9. The third-order valence-electron chi connectivity index (χ3n) is 9.29. The smallest absolute Gasteiger partial charge is 0.301 e. The molecule has 5 rings (SSSR count). The molecule has 13 heteroatoms. The van der Waals surface area contributed by atoms with Crippen molar-refractivity contribution in [1.29, 1.82) is 0 Å². The van der Waals surface area contributed by atoms with Gasteiger partial charge in [-0.05, 0) is 69.0 Å². The molecule has 9 nitrogen and oxygen atoms in total. The predicted molar refractivity (Wildman–Crippen MR) is 155 cm³/mol. The third-order valence-corrected chi connectivity index (χ3v) is 13.3. The van der Waals surface area contributed by atoms with Gasteiger partial charge in [-0.2, -0.15) is 4.21 Å². The quantitative estimate of drug-likeness (QED) is 0.158. The molecule has 2 heterocycles. The SMILES string of the molecule is COC1CCC2SC(=CC3=[N+](CCCOS(=O)O)C4C(CCC5CCCCC54)S3)N(CCCS(=O)(=O)[O-])C2C1. The van der Waals surface area contributed by atoms with Gasteiger partial charge in [0.15, 0.2) is 6.04 Å². The molecule has 222 valence electrons. The number of ether oxygens (including phenoxy) is 1. The lowest BCUT2D eigenvalue weighted by atomic mass is 9.68. The lowest BCUT2D eigenvalue weighted by Gasteiger charge is -2.40. The zero-order valence-electron chi connectivity index (χ0n) is 22.6. The molecule has 2 aliphatic heterocycles. The summed E-state index contributed by atoms with van der Waals surface area (Å²) >= 11 is 1.63. The molecule has 0 amide bonds. The van der Waals surface area contributed by atoms with Crippen molar-refractivity contribution in [3.63, 3.8) is 0 Å². The monoisotopic (exact) mass is 622 g/mol. The molecule has 1 saturated heterocycles. The van der Waals surface area contributed by atoms with Crippen molar-refractivity contribution in [3.05, 3.63) is 11.1 Å². The number of nitrogens with zero attached hydrogens (tertiary/aromatic N) is 2. The Labute approximate surface area is 244 Å². The molecule has 5 aliphatic rings. The van der Waals surface area contributed by atoms with Crippen molar-refractivity contribution < 1.29 is 35.2 Å². The summed E-state index contributed by atoms with van der Waals surface area (Å²) in [7, 11) is -2.49. The van der Waals surface area contributed by atoms with E-state index in [2.05, 4.69) is 15.6 Å². The van der Waals surface area contributed by atoms with Crippen molar-refractivity contribution in [3.8, 4) is 0 Å². The summed E-state index contributed by atoms with van der Waals surface area (Å²) in [5.41, 5.74) is 0. The standard InChI is InChI=1S/C26H42N2O7S4/c1-34-19-9-11-22-21(16-19)27(13-5-15-39(31,32)33)24(36-22)17-25-28(12-4-14-35-38(29)30)26-20-7-3-2-6-18(20)8-10-23(26)37-25/h17-23,26H,2-16H2,1H3,(H-,29,30,31,32,33). The summed E-state index contributed by atoms with van der Waals surface area (Å²) in [5.74, 6) is 1.13. The molecule has 39 heavy (non-hydrogen) atoms. The van der Waals surface area contributed by atoms with Gasteiger partial charge in [0.1, 0.15) is 6.54 Å². The van der Waals surface area contributed by atoms with E-state index in [1.165, 1.54) is 48.6 Å². The zero-order chi connectivity index (χ0) is 27.6. The van der Waals surface area contributed by atoms with Crippen molar-refractivity contribution >= 4 is 50.0 Å². The van der Waals surface area contributed by atoms with Crippen LogP contribution in [0, 0.1) is 11.8 Å². The van der Waals surface area contributed by atoms with Gasteiger partial charge < -0.3 is 14.2 Å². The molecule has 0 radical (unpaired) electrons. The maximum absolute atomic E-state index is 11.3. The Bertz CT molecular complexity index is 1070. The first-order chi connectivity index (χ1) is 18.7. The first-order valence-electron chi connectivity index (χ1n) is 14.4. The van der Waals surface area contributed by atoms with E-state index in [1.807, 2.05) is 23.5 Å². The lowest BCUT2D eigenvalue weighted by molar-refractivity contribution is -0.573. The molecule has 1 N–H and O–H groups in total. The van der Waals surface area contributed by atoms with Crippen LogP contribution in [0.3, 0.4) is 0 Å². The minimum Gasteiger partial charge on any atom is -0.748 e. The normalized spacial score (nSPS) is 36.6. The van der Waals surface area contributed by atoms with Gasteiger partial charge in [0.05, 0.1) is 33.1 Å². The highest BCUT2D eigenvalue weighted by molar-refractivity contribution is 8.15. The predicted octanol–water partition coefficient (Wildman–Crippen LogP) is 3.79. The Balaban J connectivity index is 1.42. The second-order valence-electron chi connectivity index (χ2n) is 11.5. The summed E-state index contributed by atoms with van der Waals surface area (Å²) in [4.78, 5) is 2.35. The van der Waals surface area contributed by atoms with E-state index in [9.17, 15) is 17.2 Å². The summed E-state index contributed by atoms with van der Waals surface area (Å²) in [6.45, 7) is 1.57. The summed E-state index contributed by atoms with van der Waals surface area (Å²) in [6.07, 6.45) is 14.3. The van der Waals surface area contributed by atoms with Gasteiger partial charge in [-0.3, -0.25) is 8.74 Å². The molecule has 4 fully saturated rings. The molecule has 0 aromatic heterocycles. The van der Waals surface area contributed by atoms with Gasteiger partial charge in [-0.1, -0.05) is 12.8 Å². The number of thioether (sulfide) groups is 2. The van der Waals surface area contributed by atoms with E-state index in [-0.39, 0.29) is 24.5 Å². The Morgan fingerprint density at radius 2 is 1.92 bits per heavy atom. The fraction of sp³-hybridized carbons (Fsp3) is 0.885. The molecular formula is C26H42N2O7S4. The second-order valence-corrected chi connectivity index (χ2v) is 16.3. The highest BCUT2D eigenvalue weighted by Gasteiger charge is 2.52. The van der Waals surface area contributed by atoms with Crippen molar-refractivity contribution in [2.75, 3.05) is 32.6 Å². The van der Waals surface area contributed by atoms with E-state index in [4.69, 9.17) is 13.5 Å². The molecule has 8 unspecified atom stereocenters. The van der Waals surface area contributed by atoms with E-state index in [1.54, 1.807) is 7.11 Å². The van der Waals surface area contributed by atoms with Gasteiger partial charge in [0.25, 0.3) is 0 Å². The topological polar surface area (TPSA) is 119 Å². The van der Waals surface area contributed by atoms with Crippen LogP contribution in [0.2, 0.25) is 0 Å². The van der Waals surface area contributed by atoms with Gasteiger partial charge in [0.2, 0.25) is 5.04 Å². The highest BCUT2D eigenvalue weighted by Crippen LogP contribution is 2.50. The maximum atomic E-state index is 11.3. The second kappa shape index (κ2) is 13.4. The Morgan fingerprint density at radius 1 is 1.13 bits per heavy atom. The molecule has 8 atom stereocenters. The van der Waals surface area contributed by atoms with Crippen LogP contribution in [-0.2, 0) is 30.4 Å². The van der Waals surface area contributed by atoms with Crippen molar-refractivity contribution in [2.45, 2.75) is 99.3 Å². The molecule has 0 aromatic carbocycles. The van der Waals surface area contributed by atoms with E-state index < -0.39 is 21.5 Å². The van der Waals surface area contributed by atoms with Crippen LogP contribution >= 0.6 is 23.5 Å². The van der Waals surface area contributed by atoms with Crippen LogP contribution in [0.15, 0.2) is 11.1 Å². The Morgan fingerprint density at radius 3 is 2.69 bits per heavy atom. The minimum absolute atomic E-state index is 0.199. The Kier molecular flexibility index (Phi) is 10.4. The van der Waals surface area contributed by atoms with Gasteiger partial charge in [0, 0.05) is 49.1 Å². The number of methoxy groups -OCH3 is 1. The van der Waals surface area contributed by atoms with Gasteiger partial charge >= 0.3 is 11.4 Å². The highest BCUT2D eigenvalue weighted by atomic mass is 32.2. The first kappa shape index (κ1) is 30.3. The van der Waals surface area contributed by atoms with Crippen molar-refractivity contribution in [2.24, 2.45) is 11.8 Å². The summed E-state index contributed by atoms with van der Waals surface area (Å²) in [5, 5.41) is 3.41. The summed E-state index contributed by atoms with van der Waals surface area (Å²) in [6, 6.07) is 0.749. The van der Waals surface area contributed by atoms with Crippen LogP contribution in [0.25, 0.3) is 0 Å². The lowest BCUT2D eigenvalue weighted by Crippen LogP contribution is -2.46. The molecule has 0 spiro atoms. The van der Waals surface area contributed by atoms with E-state index in [0.29, 0.717) is 41.8 Å². The number of fused-ring (bicyclic) bond motifs is 4. The molecule has 0 aromatic rings. The maximum Gasteiger partial charge on any atom is 0.301 e. The van der Waals surface area contributed by atoms with Crippen LogP contribution < -0.4 is 0 Å². The van der Waals surface area contributed by atoms with Gasteiger partial charge in [-0.15, -0.1) is 11.8 Å². The minimum atomic E-state index is -4.25. The van der Waals surface area contributed by atoms with Crippen LogP contribution in [0.4, 0.5) is 0 Å². The average molecular weight is 623 g/mol. The van der Waals surface area contributed by atoms with Gasteiger partial charge in [-0.25, -0.2) is 13.0 Å². The van der Waals surface area contributed by atoms with E-state index in [0.717, 1.165) is 31.7 Å². The molecule has 3 saturated carbocycles. The third kappa shape index (κ3) is 7.44. The molecule has 3 aliphatic carbocycles. The van der Waals surface area contributed by atoms with E-state index >= 15 is 0 Å². The number of hydrogen-bond acceptors (Lipinski definition) is 9. The largest absolute Gasteiger partial charge is 0.748 e. The summed E-state index contributed by atoms with van der Waals surface area (Å²) < 4.78 is 67.4. The van der Waals surface area contributed by atoms with Crippen LogP contribution in [-0.4, -0.2) is 97.5 Å². The number of rotatable bonds is 11. The van der Waals surface area contributed by atoms with Crippen LogP contribution in [0.5, 0.6) is 0 Å². The molecule has 0 bridgehead atoms. The Hall–Kier alpha value is -0.150. The fourth-order valence-electron chi connectivity index (χ4n) is 7.60. The molecular weight excluding hydrogens is 581 g/mol. The fourth-order valence-corrected chi connectivity index (χ4v) is 11.5. The average Bonchev–Trinajstić information content (AvgIpc) is 3.43. The number of hydrogen-bond donors (Lipinski definition) is 1.